The summed E-state index contributed by atoms with van der Waals surface area (Å²) in [7, 11) is 0. The molecule has 0 heterocycles. The summed E-state index contributed by atoms with van der Waals surface area (Å²) in [6.07, 6.45) is 2.54. The van der Waals surface area contributed by atoms with Gasteiger partial charge in [-0.25, -0.2) is 0 Å². The Kier molecular flexibility index (Phi) is 3.20. The van der Waals surface area contributed by atoms with Crippen molar-refractivity contribution in [3.63, 3.8) is 0 Å². The minimum Gasteiger partial charge on any atom is -0.481 e. The van der Waals surface area contributed by atoms with Gasteiger partial charge in [0.1, 0.15) is 0 Å². The van der Waals surface area contributed by atoms with E-state index in [1.807, 2.05) is 0 Å². The summed E-state index contributed by atoms with van der Waals surface area (Å²) in [5.41, 5.74) is 0. The molecule has 3 nitrogen and oxygen atoms in total. The van der Waals surface area contributed by atoms with Crippen LogP contribution in [0.5, 0.6) is 0 Å². The fourth-order valence-electron chi connectivity index (χ4n) is 1.28. The Morgan fingerprint density at radius 1 is 1.55 bits per heavy atom. The number of hydrogen-bond acceptors (Lipinski definition) is 3. The molecular formula is C7H12O3S. The highest BCUT2D eigenvalue weighted by molar-refractivity contribution is 8.00. The van der Waals surface area contributed by atoms with Crippen LogP contribution in [0, 0.1) is 0 Å². The number of carboxylic acids is 1. The van der Waals surface area contributed by atoms with Gasteiger partial charge in [0, 0.05) is 5.25 Å². The molecule has 0 aromatic carbocycles. The van der Waals surface area contributed by atoms with E-state index >= 15 is 0 Å². The lowest BCUT2D eigenvalue weighted by Crippen LogP contribution is -2.17. The van der Waals surface area contributed by atoms with Gasteiger partial charge in [-0.2, -0.15) is 0 Å². The third-order valence-electron chi connectivity index (χ3n) is 1.84. The SMILES string of the molecule is O=C(O)CS[C@H]1CCC[C@@H]1O. The number of aliphatic carboxylic acids is 1. The maximum atomic E-state index is 10.2. The van der Waals surface area contributed by atoms with E-state index in [2.05, 4.69) is 0 Å². The lowest BCUT2D eigenvalue weighted by atomic mass is 10.3. The molecule has 11 heavy (non-hydrogen) atoms. The molecule has 2 N–H and O–H groups in total. The van der Waals surface area contributed by atoms with Gasteiger partial charge in [0.15, 0.2) is 0 Å². The Balaban J connectivity index is 2.20. The molecule has 1 saturated carbocycles. The van der Waals surface area contributed by atoms with Crippen LogP contribution in [-0.4, -0.2) is 33.3 Å². The Morgan fingerprint density at radius 2 is 2.27 bits per heavy atom. The van der Waals surface area contributed by atoms with Crippen LogP contribution < -0.4 is 0 Å². The Bertz CT molecular complexity index is 149. The molecule has 0 spiro atoms. The van der Waals surface area contributed by atoms with Crippen molar-refractivity contribution in [2.45, 2.75) is 30.6 Å². The van der Waals surface area contributed by atoms with E-state index in [1.165, 1.54) is 11.8 Å². The van der Waals surface area contributed by atoms with E-state index in [9.17, 15) is 9.90 Å². The first kappa shape index (κ1) is 8.87. The van der Waals surface area contributed by atoms with Crippen molar-refractivity contribution in [1.82, 2.24) is 0 Å². The molecule has 1 rings (SSSR count). The highest BCUT2D eigenvalue weighted by Crippen LogP contribution is 2.29. The second kappa shape index (κ2) is 3.97. The van der Waals surface area contributed by atoms with Crippen LogP contribution >= 0.6 is 11.8 Å². The fourth-order valence-corrected chi connectivity index (χ4v) is 2.33. The molecule has 0 radical (unpaired) electrons. The fraction of sp³-hybridized carbons (Fsp3) is 0.857. The minimum atomic E-state index is -0.797. The van der Waals surface area contributed by atoms with Gasteiger partial charge < -0.3 is 10.2 Å². The number of hydrogen-bond donors (Lipinski definition) is 2. The van der Waals surface area contributed by atoms with E-state index in [0.29, 0.717) is 0 Å². The monoisotopic (exact) mass is 176 g/mol. The van der Waals surface area contributed by atoms with Crippen LogP contribution in [0.1, 0.15) is 19.3 Å². The zero-order valence-corrected chi connectivity index (χ0v) is 7.01. The largest absolute Gasteiger partial charge is 0.481 e. The molecule has 1 fully saturated rings. The Labute approximate surface area is 69.8 Å². The molecule has 1 aliphatic carbocycles. The Hall–Kier alpha value is -0.220. The van der Waals surface area contributed by atoms with Crippen molar-refractivity contribution in [3.8, 4) is 0 Å². The molecule has 64 valence electrons. The second-order valence-corrected chi connectivity index (χ2v) is 3.97. The van der Waals surface area contributed by atoms with Crippen LogP contribution in [0.25, 0.3) is 0 Å². The lowest BCUT2D eigenvalue weighted by molar-refractivity contribution is -0.133. The van der Waals surface area contributed by atoms with Crippen molar-refractivity contribution in [1.29, 1.82) is 0 Å². The molecule has 1 aliphatic rings. The first-order valence-electron chi connectivity index (χ1n) is 3.71. The van der Waals surface area contributed by atoms with Gasteiger partial charge >= 0.3 is 5.97 Å². The molecule has 0 bridgehead atoms. The maximum Gasteiger partial charge on any atom is 0.313 e. The van der Waals surface area contributed by atoms with Crippen molar-refractivity contribution in [3.05, 3.63) is 0 Å². The van der Waals surface area contributed by atoms with Gasteiger partial charge in [0.05, 0.1) is 11.9 Å². The first-order chi connectivity index (χ1) is 5.20. The predicted molar refractivity (Wildman–Crippen MR) is 43.7 cm³/mol. The third-order valence-corrected chi connectivity index (χ3v) is 3.23. The predicted octanol–water partition coefficient (Wildman–Crippen LogP) is 0.718. The number of carboxylic acid groups (broad SMARTS) is 1. The maximum absolute atomic E-state index is 10.2. The molecule has 4 heteroatoms. The van der Waals surface area contributed by atoms with Gasteiger partial charge in [-0.05, 0) is 19.3 Å². The summed E-state index contributed by atoms with van der Waals surface area (Å²) in [5.74, 6) is -0.684. The summed E-state index contributed by atoms with van der Waals surface area (Å²) in [4.78, 5) is 10.2. The number of thioether (sulfide) groups is 1. The Morgan fingerprint density at radius 3 is 2.73 bits per heavy atom. The summed E-state index contributed by atoms with van der Waals surface area (Å²) in [5, 5.41) is 17.8. The standard InChI is InChI=1S/C7H12O3S/c8-5-2-1-3-6(5)11-4-7(9)10/h5-6,8H,1-4H2,(H,9,10)/t5-,6-/m0/s1. The van der Waals surface area contributed by atoms with Gasteiger partial charge in [-0.15, -0.1) is 11.8 Å². The summed E-state index contributed by atoms with van der Waals surface area (Å²) < 4.78 is 0. The highest BCUT2D eigenvalue weighted by atomic mass is 32.2. The van der Waals surface area contributed by atoms with Crippen LogP contribution in [-0.2, 0) is 4.79 Å². The zero-order chi connectivity index (χ0) is 8.27. The molecular weight excluding hydrogens is 164 g/mol. The van der Waals surface area contributed by atoms with Crippen molar-refractivity contribution in [2.24, 2.45) is 0 Å². The molecule has 0 aromatic heterocycles. The number of rotatable bonds is 3. The minimum absolute atomic E-state index is 0.113. The van der Waals surface area contributed by atoms with Gasteiger partial charge in [-0.1, -0.05) is 0 Å². The van der Waals surface area contributed by atoms with E-state index in [0.717, 1.165) is 19.3 Å². The van der Waals surface area contributed by atoms with E-state index in [-0.39, 0.29) is 17.1 Å². The lowest BCUT2D eigenvalue weighted by Gasteiger charge is -2.11. The highest BCUT2D eigenvalue weighted by Gasteiger charge is 2.25. The first-order valence-corrected chi connectivity index (χ1v) is 4.76. The molecule has 0 saturated heterocycles. The van der Waals surface area contributed by atoms with Crippen molar-refractivity contribution < 1.29 is 15.0 Å². The summed E-state index contributed by atoms with van der Waals surface area (Å²) in [6.45, 7) is 0. The molecule has 0 amide bonds. The number of carbonyl (C=O) groups is 1. The average Bonchev–Trinajstić information content (AvgIpc) is 2.31. The normalized spacial score (nSPS) is 30.6. The number of aliphatic hydroxyl groups is 1. The smallest absolute Gasteiger partial charge is 0.313 e. The van der Waals surface area contributed by atoms with Crippen LogP contribution in [0.15, 0.2) is 0 Å². The third kappa shape index (κ3) is 2.71. The van der Waals surface area contributed by atoms with Crippen LogP contribution in [0.4, 0.5) is 0 Å². The van der Waals surface area contributed by atoms with E-state index in [1.54, 1.807) is 0 Å². The van der Waals surface area contributed by atoms with Gasteiger partial charge in [0.25, 0.3) is 0 Å². The summed E-state index contributed by atoms with van der Waals surface area (Å²) in [6, 6.07) is 0. The van der Waals surface area contributed by atoms with E-state index < -0.39 is 5.97 Å². The van der Waals surface area contributed by atoms with Gasteiger partial charge in [-0.3, -0.25) is 4.79 Å². The molecule has 2 atom stereocenters. The van der Waals surface area contributed by atoms with Gasteiger partial charge in [0.2, 0.25) is 0 Å². The molecule has 0 aromatic rings. The summed E-state index contributed by atoms with van der Waals surface area (Å²) >= 11 is 1.35. The topological polar surface area (TPSA) is 57.5 Å². The van der Waals surface area contributed by atoms with Crippen LogP contribution in [0.2, 0.25) is 0 Å². The van der Waals surface area contributed by atoms with Crippen molar-refractivity contribution >= 4 is 17.7 Å². The average molecular weight is 176 g/mol. The van der Waals surface area contributed by atoms with E-state index in [4.69, 9.17) is 5.11 Å². The zero-order valence-electron chi connectivity index (χ0n) is 6.19. The quantitative estimate of drug-likeness (QED) is 0.665. The number of aliphatic hydroxyl groups excluding tert-OH is 1. The second-order valence-electron chi connectivity index (χ2n) is 2.74. The van der Waals surface area contributed by atoms with Crippen LogP contribution in [0.3, 0.4) is 0 Å². The molecule has 0 aliphatic heterocycles. The van der Waals surface area contributed by atoms with Crippen molar-refractivity contribution in [2.75, 3.05) is 5.75 Å². The molecule has 0 unspecified atom stereocenters.